The molecule has 2 nitrogen and oxygen atoms in total. The molecule has 5 heteroatoms. The molecule has 1 atom stereocenters. The van der Waals surface area contributed by atoms with Crippen LogP contribution in [0.25, 0.3) is 0 Å². The second-order valence-electron chi connectivity index (χ2n) is 2.52. The van der Waals surface area contributed by atoms with Crippen LogP contribution >= 0.6 is 0 Å². The zero-order valence-corrected chi connectivity index (χ0v) is 13.7. The van der Waals surface area contributed by atoms with Crippen molar-refractivity contribution >= 4 is 24.7 Å². The van der Waals surface area contributed by atoms with Crippen molar-refractivity contribution in [1.29, 1.82) is 0 Å². The molecule has 0 bridgehead atoms. The van der Waals surface area contributed by atoms with Crippen molar-refractivity contribution in [2.24, 2.45) is 5.73 Å². The van der Waals surface area contributed by atoms with Gasteiger partial charge in [-0.15, -0.1) is 0 Å². The van der Waals surface area contributed by atoms with E-state index in [1.54, 1.807) is 6.26 Å². The Morgan fingerprint density at radius 3 is 2.62 bits per heavy atom. The van der Waals surface area contributed by atoms with Crippen LogP contribution < -0.4 is 43.3 Å². The fourth-order valence-electron chi connectivity index (χ4n) is 1.01. The Hall–Kier alpha value is 0.999. The fraction of sp³-hybridized carbons (Fsp3) is 0.500. The molecule has 1 aromatic heterocycles. The Morgan fingerprint density at radius 2 is 2.15 bits per heavy atom. The van der Waals surface area contributed by atoms with Gasteiger partial charge in [0, 0.05) is 0 Å². The topological polar surface area (TPSA) is 39.2 Å². The van der Waals surface area contributed by atoms with Crippen LogP contribution in [0.5, 0.6) is 0 Å². The number of hydrogen-bond acceptors (Lipinski definition) is 2. The van der Waals surface area contributed by atoms with Crippen molar-refractivity contribution in [1.82, 2.24) is 0 Å². The van der Waals surface area contributed by atoms with Crippen LogP contribution in [0.15, 0.2) is 16.7 Å². The molecule has 0 fully saturated rings. The summed E-state index contributed by atoms with van der Waals surface area (Å²) in [6, 6.07) is 2.14. The van der Waals surface area contributed by atoms with Crippen molar-refractivity contribution in [2.45, 2.75) is 24.3 Å². The van der Waals surface area contributed by atoms with Crippen LogP contribution in [-0.4, -0.2) is 21.1 Å². The second kappa shape index (κ2) is 8.32. The number of furan rings is 1. The van der Waals surface area contributed by atoms with E-state index in [0.717, 1.165) is 5.76 Å². The van der Waals surface area contributed by atoms with Gasteiger partial charge in [0.05, 0.1) is 0 Å². The molecular weight excluding hydrogens is 405 g/mol. The van der Waals surface area contributed by atoms with Gasteiger partial charge in [-0.25, -0.2) is 0 Å². The van der Waals surface area contributed by atoms with Gasteiger partial charge in [-0.05, 0) is 0 Å². The molecule has 1 unspecified atom stereocenters. The first kappa shape index (κ1) is 16.4. The van der Waals surface area contributed by atoms with E-state index in [0.29, 0.717) is 0 Å². The third kappa shape index (κ3) is 4.85. The quantitative estimate of drug-likeness (QED) is 0.501. The summed E-state index contributed by atoms with van der Waals surface area (Å²) in [5.41, 5.74) is 5.72. The Kier molecular flexibility index (Phi) is 10.5. The van der Waals surface area contributed by atoms with E-state index >= 15 is 0 Å². The van der Waals surface area contributed by atoms with Gasteiger partial charge in [-0.2, -0.15) is 0 Å². The van der Waals surface area contributed by atoms with E-state index in [1.165, 1.54) is 8.02 Å². The summed E-state index contributed by atoms with van der Waals surface area (Å²) in [5.74, 6) is 1.01. The van der Waals surface area contributed by atoms with Crippen LogP contribution in [0.1, 0.15) is 25.6 Å². The molecule has 0 radical (unpaired) electrons. The molecule has 1 heterocycles. The van der Waals surface area contributed by atoms with Gasteiger partial charge in [0.2, 0.25) is 0 Å². The Bertz CT molecular complexity index is 228. The minimum absolute atomic E-state index is 0. The van der Waals surface area contributed by atoms with Crippen molar-refractivity contribution in [3.63, 3.8) is 0 Å². The SMILES string of the molecule is C[CH2][Sn+2][c]1ccoc1C(C)N.[Br-].[Br-]. The van der Waals surface area contributed by atoms with E-state index in [4.69, 9.17) is 10.2 Å². The van der Waals surface area contributed by atoms with Crippen LogP contribution in [0.4, 0.5) is 0 Å². The van der Waals surface area contributed by atoms with Crippen LogP contribution in [0.3, 0.4) is 0 Å². The van der Waals surface area contributed by atoms with Crippen molar-refractivity contribution in [3.8, 4) is 0 Å². The number of nitrogens with two attached hydrogens (primary N) is 1. The maximum Gasteiger partial charge on any atom is -1.00 e. The molecule has 1 rings (SSSR count). The van der Waals surface area contributed by atoms with Gasteiger partial charge in [0.1, 0.15) is 0 Å². The maximum atomic E-state index is 5.72. The summed E-state index contributed by atoms with van der Waals surface area (Å²) in [4.78, 5) is 0. The smallest absolute Gasteiger partial charge is 1.00 e. The average Bonchev–Trinajstić information content (AvgIpc) is 2.36. The van der Waals surface area contributed by atoms with E-state index in [2.05, 4.69) is 13.0 Å². The third-order valence-corrected chi connectivity index (χ3v) is 4.75. The molecule has 1 aromatic rings. The van der Waals surface area contributed by atoms with E-state index in [9.17, 15) is 0 Å². The molecule has 0 aromatic carbocycles. The maximum absolute atomic E-state index is 5.72. The third-order valence-electron chi connectivity index (χ3n) is 1.48. The van der Waals surface area contributed by atoms with Crippen LogP contribution in [-0.2, 0) is 0 Å². The summed E-state index contributed by atoms with van der Waals surface area (Å²) >= 11 is -0.366. The molecule has 13 heavy (non-hydrogen) atoms. The standard InChI is InChI=1S/C6H8NO.C2H5.2BrH.Sn/c1-5(7)6-3-2-4-8-6;1-2;;;/h2,4-5H,7H2,1H3;1H2,2H3;2*1H;/q;;;;+2/p-2. The van der Waals surface area contributed by atoms with E-state index < -0.39 is 0 Å². The first-order valence-electron chi connectivity index (χ1n) is 3.82. The molecule has 0 spiro atoms. The van der Waals surface area contributed by atoms with Gasteiger partial charge in [0.15, 0.2) is 0 Å². The predicted molar refractivity (Wildman–Crippen MR) is 47.2 cm³/mol. The summed E-state index contributed by atoms with van der Waals surface area (Å²) in [6.07, 6.45) is 1.75. The molecule has 0 aliphatic heterocycles. The summed E-state index contributed by atoms with van der Waals surface area (Å²) in [7, 11) is 0. The first-order chi connectivity index (χ1) is 5.25. The average molecular weight is 418 g/mol. The van der Waals surface area contributed by atoms with Crippen molar-refractivity contribution in [2.75, 3.05) is 0 Å². The minimum Gasteiger partial charge on any atom is -1.00 e. The van der Waals surface area contributed by atoms with Gasteiger partial charge < -0.3 is 34.0 Å². The monoisotopic (exact) mass is 417 g/mol. The molecule has 0 amide bonds. The van der Waals surface area contributed by atoms with Crippen LogP contribution in [0.2, 0.25) is 4.44 Å². The first-order valence-corrected chi connectivity index (χ1v) is 7.27. The van der Waals surface area contributed by atoms with Gasteiger partial charge in [0.25, 0.3) is 0 Å². The molecular formula is C8H13Br2NOSn. The minimum atomic E-state index is -0.366. The largest absolute Gasteiger partial charge is 1.00 e. The predicted octanol–water partition coefficient (Wildman–Crippen LogP) is -4.92. The zero-order chi connectivity index (χ0) is 8.27. The summed E-state index contributed by atoms with van der Waals surface area (Å²) < 4.78 is 8.03. The zero-order valence-electron chi connectivity index (χ0n) is 7.68. The number of halogens is 2. The van der Waals surface area contributed by atoms with Crippen molar-refractivity contribution in [3.05, 3.63) is 18.1 Å². The van der Waals surface area contributed by atoms with Gasteiger partial charge in [-0.1, -0.05) is 0 Å². The summed E-state index contributed by atoms with van der Waals surface area (Å²) in [6.45, 7) is 4.20. The Morgan fingerprint density at radius 1 is 1.54 bits per heavy atom. The molecule has 0 aliphatic carbocycles. The van der Waals surface area contributed by atoms with Crippen molar-refractivity contribution < 1.29 is 38.4 Å². The van der Waals surface area contributed by atoms with E-state index in [1.807, 2.05) is 6.92 Å². The molecule has 74 valence electrons. The van der Waals surface area contributed by atoms with Gasteiger partial charge >= 0.3 is 77.3 Å². The molecule has 0 saturated carbocycles. The van der Waals surface area contributed by atoms with Crippen LogP contribution in [0, 0.1) is 0 Å². The molecule has 0 aliphatic rings. The summed E-state index contributed by atoms with van der Waals surface area (Å²) in [5, 5.41) is 0. The Balaban J connectivity index is 0. The number of rotatable bonds is 3. The Labute approximate surface area is 110 Å². The molecule has 2 N–H and O–H groups in total. The molecule has 0 saturated heterocycles. The van der Waals surface area contributed by atoms with Gasteiger partial charge in [-0.3, -0.25) is 0 Å². The second-order valence-corrected chi connectivity index (χ2v) is 7.08. The fourth-order valence-corrected chi connectivity index (χ4v) is 3.94. The normalized spacial score (nSPS) is 10.7. The number of hydrogen-bond donors (Lipinski definition) is 1. The van der Waals surface area contributed by atoms with E-state index in [-0.39, 0.29) is 61.1 Å².